The summed E-state index contributed by atoms with van der Waals surface area (Å²) in [5.74, 6) is -1.24. The summed E-state index contributed by atoms with van der Waals surface area (Å²) in [5, 5.41) is 2.83. The topological polar surface area (TPSA) is 58.6 Å². The van der Waals surface area contributed by atoms with Gasteiger partial charge in [-0.1, -0.05) is 24.3 Å². The quantitative estimate of drug-likeness (QED) is 0.774. The number of benzene rings is 2. The highest BCUT2D eigenvalue weighted by atomic mass is 19.1. The lowest BCUT2D eigenvalue weighted by atomic mass is 9.97. The Balaban J connectivity index is 1.60. The Hall–Kier alpha value is -2.80. The number of hydrogen-bond acceptors (Lipinski definition) is 3. The van der Waals surface area contributed by atoms with E-state index in [9.17, 15) is 18.4 Å². The van der Waals surface area contributed by atoms with Crippen LogP contribution in [0.4, 0.5) is 8.78 Å². The number of morpholine rings is 1. The van der Waals surface area contributed by atoms with E-state index in [-0.39, 0.29) is 24.2 Å². The molecule has 1 aliphatic heterocycles. The third-order valence-corrected chi connectivity index (χ3v) is 4.81. The number of nitrogens with one attached hydrogen (secondary N) is 1. The highest BCUT2D eigenvalue weighted by Gasteiger charge is 2.39. The molecule has 0 unspecified atom stereocenters. The van der Waals surface area contributed by atoms with Gasteiger partial charge in [-0.15, -0.1) is 0 Å². The van der Waals surface area contributed by atoms with E-state index < -0.39 is 18.0 Å². The van der Waals surface area contributed by atoms with Crippen molar-refractivity contribution >= 4 is 11.8 Å². The van der Waals surface area contributed by atoms with Crippen molar-refractivity contribution in [2.75, 3.05) is 20.2 Å². The minimum Gasteiger partial charge on any atom is -0.356 e. The van der Waals surface area contributed by atoms with Crippen LogP contribution in [0, 0.1) is 11.6 Å². The van der Waals surface area contributed by atoms with E-state index in [1.807, 2.05) is 0 Å². The number of halogens is 2. The first kappa shape index (κ1) is 19.9. The van der Waals surface area contributed by atoms with Crippen molar-refractivity contribution in [3.05, 3.63) is 71.3 Å². The number of carbonyl (C=O) groups is 2. The van der Waals surface area contributed by atoms with Gasteiger partial charge in [0.15, 0.2) is 6.10 Å². The normalized spacial score (nSPS) is 19.5. The summed E-state index contributed by atoms with van der Waals surface area (Å²) < 4.78 is 31.7. The maximum atomic E-state index is 13.2. The molecule has 2 atom stereocenters. The number of amides is 2. The monoisotopic (exact) mass is 388 g/mol. The molecule has 1 fully saturated rings. The van der Waals surface area contributed by atoms with E-state index in [1.54, 1.807) is 31.3 Å². The predicted octanol–water partition coefficient (Wildman–Crippen LogP) is 2.61. The van der Waals surface area contributed by atoms with Gasteiger partial charge in [-0.05, 0) is 48.2 Å². The van der Waals surface area contributed by atoms with Gasteiger partial charge in [0, 0.05) is 13.6 Å². The molecule has 1 saturated heterocycles. The molecule has 2 aromatic rings. The first-order valence-corrected chi connectivity index (χ1v) is 9.10. The molecule has 3 rings (SSSR count). The molecule has 28 heavy (non-hydrogen) atoms. The number of ether oxygens (including phenoxy) is 1. The van der Waals surface area contributed by atoms with Gasteiger partial charge in [0.1, 0.15) is 18.2 Å². The fraction of sp³-hybridized carbons (Fsp3) is 0.333. The van der Waals surface area contributed by atoms with Crippen LogP contribution in [0.3, 0.4) is 0 Å². The fourth-order valence-corrected chi connectivity index (χ4v) is 3.25. The van der Waals surface area contributed by atoms with Gasteiger partial charge in [0.25, 0.3) is 5.91 Å². The van der Waals surface area contributed by atoms with Crippen molar-refractivity contribution in [2.24, 2.45) is 0 Å². The highest BCUT2D eigenvalue weighted by Crippen LogP contribution is 2.29. The van der Waals surface area contributed by atoms with Crippen LogP contribution in [0.15, 0.2) is 48.5 Å². The predicted molar refractivity (Wildman–Crippen MR) is 99.4 cm³/mol. The fourth-order valence-electron chi connectivity index (χ4n) is 3.25. The lowest BCUT2D eigenvalue weighted by Gasteiger charge is -2.38. The molecule has 0 spiro atoms. The second-order valence-corrected chi connectivity index (χ2v) is 6.75. The maximum absolute atomic E-state index is 13.2. The Morgan fingerprint density at radius 2 is 1.71 bits per heavy atom. The summed E-state index contributed by atoms with van der Waals surface area (Å²) in [5.41, 5.74) is 1.61. The van der Waals surface area contributed by atoms with Crippen LogP contribution in [0.2, 0.25) is 0 Å². The SMILES string of the molecule is CN1C(=O)CO[C@@H](C(=O)NCCCc2ccc(F)cc2)[C@@H]1c1ccc(F)cc1. The first-order chi connectivity index (χ1) is 13.5. The number of rotatable bonds is 6. The van der Waals surface area contributed by atoms with Crippen LogP contribution in [0.25, 0.3) is 0 Å². The number of hydrogen-bond donors (Lipinski definition) is 1. The molecule has 0 bridgehead atoms. The molecule has 1 N–H and O–H groups in total. The van der Waals surface area contributed by atoms with Gasteiger partial charge in [-0.3, -0.25) is 9.59 Å². The van der Waals surface area contributed by atoms with Gasteiger partial charge in [-0.25, -0.2) is 8.78 Å². The molecule has 0 radical (unpaired) electrons. The summed E-state index contributed by atoms with van der Waals surface area (Å²) in [6.45, 7) is 0.242. The van der Waals surface area contributed by atoms with Crippen LogP contribution in [-0.4, -0.2) is 43.0 Å². The van der Waals surface area contributed by atoms with Crippen molar-refractivity contribution in [2.45, 2.75) is 25.0 Å². The zero-order valence-electron chi connectivity index (χ0n) is 15.5. The largest absolute Gasteiger partial charge is 0.356 e. The van der Waals surface area contributed by atoms with E-state index in [2.05, 4.69) is 5.32 Å². The zero-order chi connectivity index (χ0) is 20.1. The summed E-state index contributed by atoms with van der Waals surface area (Å²) in [7, 11) is 1.60. The van der Waals surface area contributed by atoms with E-state index in [0.717, 1.165) is 5.56 Å². The molecule has 1 heterocycles. The second-order valence-electron chi connectivity index (χ2n) is 6.75. The van der Waals surface area contributed by atoms with Gasteiger partial charge < -0.3 is 15.0 Å². The molecular formula is C21H22F2N2O3. The van der Waals surface area contributed by atoms with Crippen LogP contribution in [-0.2, 0) is 20.7 Å². The molecule has 5 nitrogen and oxygen atoms in total. The Morgan fingerprint density at radius 3 is 2.36 bits per heavy atom. The van der Waals surface area contributed by atoms with Crippen molar-refractivity contribution in [3.8, 4) is 0 Å². The summed E-state index contributed by atoms with van der Waals surface area (Å²) in [6, 6.07) is 11.3. The molecule has 2 amide bonds. The molecule has 0 saturated carbocycles. The van der Waals surface area contributed by atoms with Crippen molar-refractivity contribution in [3.63, 3.8) is 0 Å². The van der Waals surface area contributed by atoms with E-state index >= 15 is 0 Å². The number of carbonyl (C=O) groups excluding carboxylic acids is 2. The molecule has 0 aliphatic carbocycles. The average molecular weight is 388 g/mol. The summed E-state index contributed by atoms with van der Waals surface area (Å²) in [4.78, 5) is 26.1. The van der Waals surface area contributed by atoms with Crippen LogP contribution >= 0.6 is 0 Å². The van der Waals surface area contributed by atoms with Crippen molar-refractivity contribution < 1.29 is 23.1 Å². The summed E-state index contributed by atoms with van der Waals surface area (Å²) in [6.07, 6.45) is 0.505. The Labute approximate surface area is 162 Å². The molecule has 7 heteroatoms. The maximum Gasteiger partial charge on any atom is 0.251 e. The molecule has 2 aromatic carbocycles. The zero-order valence-corrected chi connectivity index (χ0v) is 15.5. The molecule has 148 valence electrons. The molecular weight excluding hydrogens is 366 g/mol. The summed E-state index contributed by atoms with van der Waals surface area (Å²) >= 11 is 0. The first-order valence-electron chi connectivity index (χ1n) is 9.10. The van der Waals surface area contributed by atoms with E-state index in [0.29, 0.717) is 24.9 Å². The second kappa shape index (κ2) is 8.93. The van der Waals surface area contributed by atoms with Crippen LogP contribution in [0.5, 0.6) is 0 Å². The van der Waals surface area contributed by atoms with Gasteiger partial charge in [0.2, 0.25) is 5.91 Å². The highest BCUT2D eigenvalue weighted by molar-refractivity contribution is 5.86. The number of likely N-dealkylation sites (N-methyl/N-ethyl adjacent to an activating group) is 1. The number of nitrogens with zero attached hydrogens (tertiary/aromatic N) is 1. The van der Waals surface area contributed by atoms with Crippen molar-refractivity contribution in [1.29, 1.82) is 0 Å². The Kier molecular flexibility index (Phi) is 6.36. The smallest absolute Gasteiger partial charge is 0.251 e. The minimum absolute atomic E-state index is 0.179. The van der Waals surface area contributed by atoms with E-state index in [4.69, 9.17) is 4.74 Å². The van der Waals surface area contributed by atoms with Crippen LogP contribution in [0.1, 0.15) is 23.6 Å². The van der Waals surface area contributed by atoms with Gasteiger partial charge in [-0.2, -0.15) is 0 Å². The number of aryl methyl sites for hydroxylation is 1. The third-order valence-electron chi connectivity index (χ3n) is 4.81. The average Bonchev–Trinajstić information content (AvgIpc) is 2.69. The molecule has 0 aromatic heterocycles. The van der Waals surface area contributed by atoms with Crippen molar-refractivity contribution in [1.82, 2.24) is 10.2 Å². The third kappa shape index (κ3) is 4.72. The standard InChI is InChI=1S/C21H22F2N2O3/c1-25-18(26)13-28-20(19(25)15-6-10-17(23)11-7-15)21(27)24-12-2-3-14-4-8-16(22)9-5-14/h4-11,19-20H,2-3,12-13H2,1H3,(H,24,27)/t19-,20+/m0/s1. The Bertz CT molecular complexity index is 825. The molecule has 1 aliphatic rings. The van der Waals surface area contributed by atoms with Crippen LogP contribution < -0.4 is 5.32 Å². The lowest BCUT2D eigenvalue weighted by Crippen LogP contribution is -2.53. The minimum atomic E-state index is -0.876. The van der Waals surface area contributed by atoms with E-state index in [1.165, 1.54) is 29.2 Å². The van der Waals surface area contributed by atoms with Gasteiger partial charge in [0.05, 0.1) is 6.04 Å². The van der Waals surface area contributed by atoms with Gasteiger partial charge >= 0.3 is 0 Å². The Morgan fingerprint density at radius 1 is 1.11 bits per heavy atom. The lowest BCUT2D eigenvalue weighted by molar-refractivity contribution is -0.162.